The number of carbonyl (C=O) groups is 1. The van der Waals surface area contributed by atoms with Crippen LogP contribution in [-0.2, 0) is 11.8 Å². The van der Waals surface area contributed by atoms with Crippen molar-refractivity contribution in [3.8, 4) is 11.6 Å². The van der Waals surface area contributed by atoms with Gasteiger partial charge in [-0.05, 0) is 32.9 Å². The Labute approximate surface area is 147 Å². The number of aromatic nitrogens is 4. The third-order valence-corrected chi connectivity index (χ3v) is 5.61. The van der Waals surface area contributed by atoms with E-state index in [2.05, 4.69) is 20.5 Å². The lowest BCUT2D eigenvalue weighted by Gasteiger charge is -2.09. The number of rotatable bonds is 5. The summed E-state index contributed by atoms with van der Waals surface area (Å²) < 4.78 is 7.15. The second kappa shape index (κ2) is 6.78. The molecule has 3 aromatic rings. The largest absolute Gasteiger partial charge is 0.461 e. The SMILES string of the molecule is Cc1nc(NC(=O)[C@@H](C)Sc2nnc(-c3ccco3)n2C)sc1C. The number of thioether (sulfide) groups is 1. The number of anilines is 1. The highest BCUT2D eigenvalue weighted by Gasteiger charge is 2.21. The zero-order valence-electron chi connectivity index (χ0n) is 13.7. The van der Waals surface area contributed by atoms with Gasteiger partial charge in [-0.25, -0.2) is 4.98 Å². The molecule has 0 aliphatic rings. The maximum absolute atomic E-state index is 12.3. The molecule has 0 unspecified atom stereocenters. The van der Waals surface area contributed by atoms with E-state index in [4.69, 9.17) is 4.42 Å². The molecule has 0 bridgehead atoms. The Hall–Kier alpha value is -2.13. The highest BCUT2D eigenvalue weighted by Crippen LogP contribution is 2.27. The molecule has 1 N–H and O–H groups in total. The zero-order chi connectivity index (χ0) is 17.3. The van der Waals surface area contributed by atoms with Gasteiger partial charge in [0.05, 0.1) is 17.2 Å². The van der Waals surface area contributed by atoms with Crippen molar-refractivity contribution in [1.29, 1.82) is 0 Å². The molecule has 3 heterocycles. The average molecular weight is 363 g/mol. The molecule has 0 radical (unpaired) electrons. The van der Waals surface area contributed by atoms with Gasteiger partial charge in [-0.15, -0.1) is 21.5 Å². The van der Waals surface area contributed by atoms with Crippen LogP contribution in [0.1, 0.15) is 17.5 Å². The first-order valence-corrected chi connectivity index (χ1v) is 9.00. The normalized spacial score (nSPS) is 12.3. The summed E-state index contributed by atoms with van der Waals surface area (Å²) in [6, 6.07) is 3.62. The monoisotopic (exact) mass is 363 g/mol. The van der Waals surface area contributed by atoms with Gasteiger partial charge in [0.2, 0.25) is 5.91 Å². The smallest absolute Gasteiger partial charge is 0.239 e. The Balaban J connectivity index is 1.68. The second-order valence-corrected chi connectivity index (χ2v) is 7.76. The van der Waals surface area contributed by atoms with Gasteiger partial charge in [-0.1, -0.05) is 11.8 Å². The minimum atomic E-state index is -0.332. The summed E-state index contributed by atoms with van der Waals surface area (Å²) in [5.41, 5.74) is 0.937. The Morgan fingerprint density at radius 1 is 1.42 bits per heavy atom. The van der Waals surface area contributed by atoms with Gasteiger partial charge >= 0.3 is 0 Å². The van der Waals surface area contributed by atoms with Crippen LogP contribution in [-0.4, -0.2) is 30.9 Å². The number of furan rings is 1. The quantitative estimate of drug-likeness (QED) is 0.700. The first kappa shape index (κ1) is 16.7. The maximum atomic E-state index is 12.3. The molecular weight excluding hydrogens is 346 g/mol. The van der Waals surface area contributed by atoms with Crippen LogP contribution in [0.5, 0.6) is 0 Å². The summed E-state index contributed by atoms with van der Waals surface area (Å²) in [6.07, 6.45) is 1.59. The number of aryl methyl sites for hydroxylation is 2. The number of nitrogens with one attached hydrogen (secondary N) is 1. The Morgan fingerprint density at radius 3 is 2.83 bits per heavy atom. The van der Waals surface area contributed by atoms with Crippen molar-refractivity contribution < 1.29 is 9.21 Å². The van der Waals surface area contributed by atoms with Gasteiger partial charge in [-0.3, -0.25) is 4.79 Å². The number of hydrogen-bond donors (Lipinski definition) is 1. The average Bonchev–Trinajstić information content (AvgIpc) is 3.23. The van der Waals surface area contributed by atoms with E-state index in [1.807, 2.05) is 38.5 Å². The fraction of sp³-hybridized carbons (Fsp3) is 0.333. The van der Waals surface area contributed by atoms with Crippen LogP contribution in [0, 0.1) is 13.8 Å². The van der Waals surface area contributed by atoms with Crippen LogP contribution in [0.3, 0.4) is 0 Å². The molecule has 3 aromatic heterocycles. The molecule has 3 rings (SSSR count). The van der Waals surface area contributed by atoms with E-state index >= 15 is 0 Å². The van der Waals surface area contributed by atoms with Gasteiger partial charge in [0.1, 0.15) is 0 Å². The van der Waals surface area contributed by atoms with E-state index in [1.165, 1.54) is 23.1 Å². The van der Waals surface area contributed by atoms with E-state index < -0.39 is 0 Å². The van der Waals surface area contributed by atoms with Gasteiger partial charge in [-0.2, -0.15) is 0 Å². The Bertz CT molecular complexity index is 834. The number of thiazole rings is 1. The predicted molar refractivity (Wildman–Crippen MR) is 94.2 cm³/mol. The predicted octanol–water partition coefficient (Wildman–Crippen LogP) is 3.27. The van der Waals surface area contributed by atoms with Crippen LogP contribution in [0.25, 0.3) is 11.6 Å². The summed E-state index contributed by atoms with van der Waals surface area (Å²) in [7, 11) is 1.85. The molecule has 0 aliphatic carbocycles. The molecule has 0 aliphatic heterocycles. The van der Waals surface area contributed by atoms with Crippen molar-refractivity contribution in [2.75, 3.05) is 5.32 Å². The lowest BCUT2D eigenvalue weighted by Crippen LogP contribution is -2.22. The van der Waals surface area contributed by atoms with Crippen molar-refractivity contribution in [2.45, 2.75) is 31.2 Å². The fourth-order valence-corrected chi connectivity index (χ4v) is 3.62. The summed E-state index contributed by atoms with van der Waals surface area (Å²) in [5, 5.41) is 12.1. The van der Waals surface area contributed by atoms with Crippen LogP contribution in [0.15, 0.2) is 28.0 Å². The van der Waals surface area contributed by atoms with Crippen molar-refractivity contribution in [3.05, 3.63) is 29.0 Å². The van der Waals surface area contributed by atoms with Crippen LogP contribution >= 0.6 is 23.1 Å². The van der Waals surface area contributed by atoms with E-state index in [9.17, 15) is 4.79 Å². The minimum absolute atomic E-state index is 0.115. The topological polar surface area (TPSA) is 85.8 Å². The van der Waals surface area contributed by atoms with Crippen LogP contribution < -0.4 is 5.32 Å². The second-order valence-electron chi connectivity index (χ2n) is 5.25. The molecule has 1 atom stereocenters. The molecule has 1 amide bonds. The maximum Gasteiger partial charge on any atom is 0.239 e. The van der Waals surface area contributed by atoms with Crippen LogP contribution in [0.2, 0.25) is 0 Å². The molecule has 24 heavy (non-hydrogen) atoms. The van der Waals surface area contributed by atoms with Crippen molar-refractivity contribution in [3.63, 3.8) is 0 Å². The first-order valence-electron chi connectivity index (χ1n) is 7.30. The summed E-state index contributed by atoms with van der Waals surface area (Å²) in [6.45, 7) is 5.74. The number of hydrogen-bond acceptors (Lipinski definition) is 7. The summed E-state index contributed by atoms with van der Waals surface area (Å²) in [4.78, 5) is 17.8. The van der Waals surface area contributed by atoms with E-state index in [0.29, 0.717) is 21.9 Å². The van der Waals surface area contributed by atoms with Crippen molar-refractivity contribution in [1.82, 2.24) is 19.7 Å². The van der Waals surface area contributed by atoms with E-state index in [1.54, 1.807) is 12.3 Å². The third-order valence-electron chi connectivity index (χ3n) is 3.49. The third kappa shape index (κ3) is 3.36. The molecule has 0 aromatic carbocycles. The van der Waals surface area contributed by atoms with E-state index in [0.717, 1.165) is 10.6 Å². The Morgan fingerprint density at radius 2 is 2.21 bits per heavy atom. The summed E-state index contributed by atoms with van der Waals surface area (Å²) >= 11 is 2.81. The lowest BCUT2D eigenvalue weighted by atomic mass is 10.4. The van der Waals surface area contributed by atoms with E-state index in [-0.39, 0.29) is 11.2 Å². The molecule has 0 saturated heterocycles. The summed E-state index contributed by atoms with van der Waals surface area (Å²) in [5.74, 6) is 1.15. The number of amides is 1. The highest BCUT2D eigenvalue weighted by molar-refractivity contribution is 8.00. The molecule has 0 saturated carbocycles. The highest BCUT2D eigenvalue weighted by atomic mass is 32.2. The molecule has 126 valence electrons. The number of nitrogens with zero attached hydrogens (tertiary/aromatic N) is 4. The zero-order valence-corrected chi connectivity index (χ0v) is 15.4. The standard InChI is InChI=1S/C15H17N5O2S2/c1-8-9(2)23-14(16-8)17-13(21)10(3)24-15-19-18-12(20(15)4)11-6-5-7-22-11/h5-7,10H,1-4H3,(H,16,17,21)/t10-/m1/s1. The van der Waals surface area contributed by atoms with Crippen molar-refractivity contribution in [2.24, 2.45) is 7.05 Å². The van der Waals surface area contributed by atoms with Gasteiger partial charge < -0.3 is 14.3 Å². The Kier molecular flexibility index (Phi) is 4.72. The van der Waals surface area contributed by atoms with Crippen LogP contribution in [0.4, 0.5) is 5.13 Å². The van der Waals surface area contributed by atoms with Crippen molar-refractivity contribution >= 4 is 34.1 Å². The molecule has 0 fully saturated rings. The molecule has 7 nitrogen and oxygen atoms in total. The van der Waals surface area contributed by atoms with Gasteiger partial charge in [0, 0.05) is 11.9 Å². The fourth-order valence-electron chi connectivity index (χ4n) is 1.98. The lowest BCUT2D eigenvalue weighted by molar-refractivity contribution is -0.115. The molecule has 0 spiro atoms. The van der Waals surface area contributed by atoms with Gasteiger partial charge in [0.15, 0.2) is 21.9 Å². The molecule has 9 heteroatoms. The number of carbonyl (C=O) groups excluding carboxylic acids is 1. The molecular formula is C15H17N5O2S2. The first-order chi connectivity index (χ1) is 11.5. The minimum Gasteiger partial charge on any atom is -0.461 e. The van der Waals surface area contributed by atoms with Gasteiger partial charge in [0.25, 0.3) is 0 Å².